The summed E-state index contributed by atoms with van der Waals surface area (Å²) in [5.74, 6) is -0.181. The van der Waals surface area contributed by atoms with Gasteiger partial charge in [0, 0.05) is 35.7 Å². The van der Waals surface area contributed by atoms with E-state index in [0.717, 1.165) is 33.5 Å². The topological polar surface area (TPSA) is 72.2 Å². The third kappa shape index (κ3) is 3.49. The molecule has 146 valence electrons. The van der Waals surface area contributed by atoms with Gasteiger partial charge in [-0.3, -0.25) is 9.78 Å². The first-order valence-electron chi connectivity index (χ1n) is 9.39. The van der Waals surface area contributed by atoms with Crippen LogP contribution >= 0.6 is 11.6 Å². The van der Waals surface area contributed by atoms with Crippen molar-refractivity contribution in [2.24, 2.45) is 0 Å². The SMILES string of the molecule is O=C(NCc1cn2cc(Cl)ccc2n1)c1cc(-c2ccncc2)nc2ccccc12. The first-order chi connectivity index (χ1) is 14.7. The number of rotatable bonds is 4. The number of carbonyl (C=O) groups excluding carboxylic acids is 1. The average Bonchev–Trinajstić information content (AvgIpc) is 3.19. The number of fused-ring (bicyclic) bond motifs is 2. The van der Waals surface area contributed by atoms with Crippen molar-refractivity contribution in [3.8, 4) is 11.3 Å². The highest BCUT2D eigenvalue weighted by molar-refractivity contribution is 6.30. The molecule has 0 fully saturated rings. The van der Waals surface area contributed by atoms with Gasteiger partial charge in [-0.2, -0.15) is 0 Å². The largest absolute Gasteiger partial charge is 0.346 e. The van der Waals surface area contributed by atoms with E-state index in [1.54, 1.807) is 24.7 Å². The molecule has 30 heavy (non-hydrogen) atoms. The van der Waals surface area contributed by atoms with Gasteiger partial charge >= 0.3 is 0 Å². The quantitative estimate of drug-likeness (QED) is 0.470. The zero-order chi connectivity index (χ0) is 20.5. The number of amides is 1. The minimum atomic E-state index is -0.181. The van der Waals surface area contributed by atoms with Crippen molar-refractivity contribution in [3.05, 3.63) is 95.7 Å². The van der Waals surface area contributed by atoms with Gasteiger partial charge in [-0.15, -0.1) is 0 Å². The molecule has 0 saturated carbocycles. The van der Waals surface area contributed by atoms with Crippen LogP contribution in [-0.2, 0) is 6.54 Å². The van der Waals surface area contributed by atoms with Gasteiger partial charge in [-0.25, -0.2) is 9.97 Å². The Labute approximate surface area is 177 Å². The number of halogens is 1. The lowest BCUT2D eigenvalue weighted by Gasteiger charge is -2.10. The van der Waals surface area contributed by atoms with Crippen molar-refractivity contribution < 1.29 is 4.79 Å². The molecule has 1 amide bonds. The highest BCUT2D eigenvalue weighted by atomic mass is 35.5. The molecule has 0 aliphatic heterocycles. The summed E-state index contributed by atoms with van der Waals surface area (Å²) in [6.07, 6.45) is 7.06. The van der Waals surface area contributed by atoms with Crippen LogP contribution in [0.4, 0.5) is 0 Å². The number of nitrogens with zero attached hydrogens (tertiary/aromatic N) is 4. The number of carbonyl (C=O) groups is 1. The van der Waals surface area contributed by atoms with Crippen molar-refractivity contribution in [1.29, 1.82) is 0 Å². The van der Waals surface area contributed by atoms with Crippen LogP contribution in [0.1, 0.15) is 16.1 Å². The van der Waals surface area contributed by atoms with Crippen LogP contribution in [-0.4, -0.2) is 25.3 Å². The second kappa shape index (κ2) is 7.57. The Bertz CT molecular complexity index is 1380. The van der Waals surface area contributed by atoms with Gasteiger partial charge in [0.2, 0.25) is 0 Å². The fraction of sp³-hybridized carbons (Fsp3) is 0.0435. The zero-order valence-electron chi connectivity index (χ0n) is 15.8. The number of aromatic nitrogens is 4. The fourth-order valence-corrected chi connectivity index (χ4v) is 3.57. The average molecular weight is 414 g/mol. The summed E-state index contributed by atoms with van der Waals surface area (Å²) in [6, 6.07) is 16.8. The molecule has 4 heterocycles. The minimum Gasteiger partial charge on any atom is -0.346 e. The van der Waals surface area contributed by atoms with Gasteiger partial charge in [0.05, 0.1) is 34.0 Å². The molecular formula is C23H16ClN5O. The highest BCUT2D eigenvalue weighted by Gasteiger charge is 2.14. The molecule has 7 heteroatoms. The smallest absolute Gasteiger partial charge is 0.252 e. The molecular weight excluding hydrogens is 398 g/mol. The van der Waals surface area contributed by atoms with Crippen molar-refractivity contribution in [3.63, 3.8) is 0 Å². The number of hydrogen-bond donors (Lipinski definition) is 1. The molecule has 4 aromatic heterocycles. The fourth-order valence-electron chi connectivity index (χ4n) is 3.40. The normalized spacial score (nSPS) is 11.1. The van der Waals surface area contributed by atoms with Gasteiger partial charge in [-0.1, -0.05) is 29.8 Å². The third-order valence-electron chi connectivity index (χ3n) is 4.83. The number of benzene rings is 1. The van der Waals surface area contributed by atoms with Crippen molar-refractivity contribution in [1.82, 2.24) is 24.7 Å². The van der Waals surface area contributed by atoms with E-state index in [4.69, 9.17) is 16.6 Å². The van der Waals surface area contributed by atoms with E-state index in [2.05, 4.69) is 15.3 Å². The second-order valence-corrected chi connectivity index (χ2v) is 7.27. The van der Waals surface area contributed by atoms with Crippen LogP contribution in [0.25, 0.3) is 27.8 Å². The maximum absolute atomic E-state index is 13.1. The van der Waals surface area contributed by atoms with Crippen LogP contribution in [0, 0.1) is 0 Å². The van der Waals surface area contributed by atoms with Gasteiger partial charge in [-0.05, 0) is 36.4 Å². The maximum atomic E-state index is 13.1. The van der Waals surface area contributed by atoms with Crippen LogP contribution in [0.2, 0.25) is 5.02 Å². The van der Waals surface area contributed by atoms with Crippen molar-refractivity contribution in [2.45, 2.75) is 6.54 Å². The van der Waals surface area contributed by atoms with Crippen LogP contribution < -0.4 is 5.32 Å². The molecule has 5 rings (SSSR count). The monoisotopic (exact) mass is 413 g/mol. The summed E-state index contributed by atoms with van der Waals surface area (Å²) in [7, 11) is 0. The molecule has 5 aromatic rings. The molecule has 1 N–H and O–H groups in total. The lowest BCUT2D eigenvalue weighted by atomic mass is 10.0. The maximum Gasteiger partial charge on any atom is 0.252 e. The lowest BCUT2D eigenvalue weighted by molar-refractivity contribution is 0.0952. The molecule has 1 aromatic carbocycles. The lowest BCUT2D eigenvalue weighted by Crippen LogP contribution is -2.23. The van der Waals surface area contributed by atoms with E-state index in [1.165, 1.54) is 0 Å². The Morgan fingerprint density at radius 1 is 1.00 bits per heavy atom. The summed E-state index contributed by atoms with van der Waals surface area (Å²) in [5, 5.41) is 4.40. The van der Waals surface area contributed by atoms with Crippen LogP contribution in [0.5, 0.6) is 0 Å². The standard InChI is InChI=1S/C23H16ClN5O/c24-16-5-6-22-27-17(14-29(22)13-16)12-26-23(30)19-11-21(15-7-9-25-10-8-15)28-20-4-2-1-3-18(19)20/h1-11,13-14H,12H2,(H,26,30). The predicted octanol–water partition coefficient (Wildman–Crippen LogP) is 4.53. The molecule has 0 bridgehead atoms. The molecule has 0 spiro atoms. The Morgan fingerprint density at radius 2 is 1.83 bits per heavy atom. The highest BCUT2D eigenvalue weighted by Crippen LogP contribution is 2.24. The molecule has 0 unspecified atom stereocenters. The van der Waals surface area contributed by atoms with E-state index >= 15 is 0 Å². The Morgan fingerprint density at radius 3 is 2.70 bits per heavy atom. The van der Waals surface area contributed by atoms with E-state index < -0.39 is 0 Å². The van der Waals surface area contributed by atoms with E-state index in [9.17, 15) is 4.79 Å². The Hall–Kier alpha value is -3.77. The summed E-state index contributed by atoms with van der Waals surface area (Å²) >= 11 is 6.03. The van der Waals surface area contributed by atoms with Crippen LogP contribution in [0.3, 0.4) is 0 Å². The molecule has 0 radical (unpaired) electrons. The first-order valence-corrected chi connectivity index (χ1v) is 9.77. The van der Waals surface area contributed by atoms with Gasteiger partial charge in [0.1, 0.15) is 5.65 Å². The van der Waals surface area contributed by atoms with E-state index in [0.29, 0.717) is 17.1 Å². The van der Waals surface area contributed by atoms with E-state index in [1.807, 2.05) is 59.1 Å². The van der Waals surface area contributed by atoms with Crippen molar-refractivity contribution in [2.75, 3.05) is 0 Å². The summed E-state index contributed by atoms with van der Waals surface area (Å²) in [5.41, 5.74) is 4.49. The van der Waals surface area contributed by atoms with E-state index in [-0.39, 0.29) is 5.91 Å². The van der Waals surface area contributed by atoms with Gasteiger partial charge in [0.25, 0.3) is 5.91 Å². The van der Waals surface area contributed by atoms with Gasteiger partial charge < -0.3 is 9.72 Å². The summed E-state index contributed by atoms with van der Waals surface area (Å²) < 4.78 is 1.84. The predicted molar refractivity (Wildman–Crippen MR) is 116 cm³/mol. The molecule has 0 aliphatic carbocycles. The van der Waals surface area contributed by atoms with Crippen LogP contribution in [0.15, 0.2) is 79.4 Å². The summed E-state index contributed by atoms with van der Waals surface area (Å²) in [4.78, 5) is 26.4. The molecule has 6 nitrogen and oxygen atoms in total. The second-order valence-electron chi connectivity index (χ2n) is 6.84. The first kappa shape index (κ1) is 18.3. The third-order valence-corrected chi connectivity index (χ3v) is 5.06. The molecule has 0 saturated heterocycles. The molecule has 0 aliphatic rings. The Kier molecular flexibility index (Phi) is 4.61. The number of hydrogen-bond acceptors (Lipinski definition) is 4. The number of pyridine rings is 3. The number of para-hydroxylation sites is 1. The zero-order valence-corrected chi connectivity index (χ0v) is 16.5. The number of imidazole rings is 1. The summed E-state index contributed by atoms with van der Waals surface area (Å²) in [6.45, 7) is 0.305. The van der Waals surface area contributed by atoms with Gasteiger partial charge in [0.15, 0.2) is 0 Å². The molecule has 0 atom stereocenters. The minimum absolute atomic E-state index is 0.181. The number of nitrogens with one attached hydrogen (secondary N) is 1. The van der Waals surface area contributed by atoms with Crippen molar-refractivity contribution >= 4 is 34.1 Å². The Balaban J connectivity index is 1.47.